The maximum Gasteiger partial charge on any atom is 0.161 e. The Bertz CT molecular complexity index is 414. The van der Waals surface area contributed by atoms with Crippen LogP contribution in [-0.2, 0) is 0 Å². The SMILES string of the molecule is CC(=O)c1cc(NCC2CCSC2)ccc1N. The van der Waals surface area contributed by atoms with E-state index in [2.05, 4.69) is 5.32 Å². The monoisotopic (exact) mass is 250 g/mol. The van der Waals surface area contributed by atoms with Crippen molar-refractivity contribution in [1.82, 2.24) is 0 Å². The topological polar surface area (TPSA) is 55.1 Å². The smallest absolute Gasteiger partial charge is 0.161 e. The van der Waals surface area contributed by atoms with Crippen molar-refractivity contribution in [2.45, 2.75) is 13.3 Å². The first-order valence-corrected chi connectivity index (χ1v) is 7.04. The molecule has 1 saturated heterocycles. The summed E-state index contributed by atoms with van der Waals surface area (Å²) in [4.78, 5) is 11.4. The van der Waals surface area contributed by atoms with Gasteiger partial charge in [-0.25, -0.2) is 0 Å². The van der Waals surface area contributed by atoms with Gasteiger partial charge in [0.15, 0.2) is 5.78 Å². The van der Waals surface area contributed by atoms with E-state index < -0.39 is 0 Å². The highest BCUT2D eigenvalue weighted by Crippen LogP contribution is 2.24. The summed E-state index contributed by atoms with van der Waals surface area (Å²) in [6.07, 6.45) is 1.28. The molecule has 17 heavy (non-hydrogen) atoms. The molecule has 0 amide bonds. The van der Waals surface area contributed by atoms with Gasteiger partial charge < -0.3 is 11.1 Å². The molecule has 1 fully saturated rings. The molecule has 1 aromatic carbocycles. The first-order chi connectivity index (χ1) is 8.16. The fraction of sp³-hybridized carbons (Fsp3) is 0.462. The number of nitrogens with one attached hydrogen (secondary N) is 1. The molecule has 1 heterocycles. The van der Waals surface area contributed by atoms with Gasteiger partial charge in [-0.05, 0) is 49.0 Å². The third-order valence-electron chi connectivity index (χ3n) is 3.05. The number of carbonyl (C=O) groups excluding carboxylic acids is 1. The number of Topliss-reactive ketones (excluding diaryl/α,β-unsaturated/α-hetero) is 1. The summed E-state index contributed by atoms with van der Waals surface area (Å²) < 4.78 is 0. The molecule has 0 radical (unpaired) electrons. The number of hydrogen-bond donors (Lipinski definition) is 2. The normalized spacial score (nSPS) is 19.2. The van der Waals surface area contributed by atoms with Crippen LogP contribution in [0.4, 0.5) is 11.4 Å². The second-order valence-electron chi connectivity index (χ2n) is 4.47. The molecule has 1 aliphatic heterocycles. The molecule has 4 heteroatoms. The Kier molecular flexibility index (Phi) is 3.94. The Balaban J connectivity index is 2.00. The number of nitrogens with two attached hydrogens (primary N) is 1. The van der Waals surface area contributed by atoms with Crippen LogP contribution in [0.2, 0.25) is 0 Å². The number of ketones is 1. The zero-order chi connectivity index (χ0) is 12.3. The van der Waals surface area contributed by atoms with Crippen molar-refractivity contribution in [3.05, 3.63) is 23.8 Å². The van der Waals surface area contributed by atoms with Gasteiger partial charge >= 0.3 is 0 Å². The van der Waals surface area contributed by atoms with E-state index in [4.69, 9.17) is 5.73 Å². The van der Waals surface area contributed by atoms with Crippen molar-refractivity contribution in [2.75, 3.05) is 29.1 Å². The Morgan fingerprint density at radius 2 is 2.41 bits per heavy atom. The predicted octanol–water partition coefficient (Wildman–Crippen LogP) is 2.64. The molecule has 3 nitrogen and oxygen atoms in total. The van der Waals surface area contributed by atoms with Gasteiger partial charge in [0.25, 0.3) is 0 Å². The third-order valence-corrected chi connectivity index (χ3v) is 4.28. The minimum atomic E-state index is 0.0163. The number of nitrogen functional groups attached to an aromatic ring is 1. The Labute approximate surface area is 106 Å². The number of rotatable bonds is 4. The van der Waals surface area contributed by atoms with Gasteiger partial charge in [-0.15, -0.1) is 0 Å². The van der Waals surface area contributed by atoms with Gasteiger partial charge in [0.05, 0.1) is 0 Å². The van der Waals surface area contributed by atoms with Gasteiger partial charge in [0.1, 0.15) is 0 Å². The largest absolute Gasteiger partial charge is 0.398 e. The molecular formula is C13H18N2OS. The van der Waals surface area contributed by atoms with E-state index in [1.165, 1.54) is 17.9 Å². The minimum Gasteiger partial charge on any atom is -0.398 e. The Morgan fingerprint density at radius 1 is 1.59 bits per heavy atom. The van der Waals surface area contributed by atoms with Crippen molar-refractivity contribution >= 4 is 28.9 Å². The molecule has 3 N–H and O–H groups in total. The second-order valence-corrected chi connectivity index (χ2v) is 5.62. The highest BCUT2D eigenvalue weighted by atomic mass is 32.2. The van der Waals surface area contributed by atoms with Gasteiger partial charge in [0, 0.05) is 23.5 Å². The van der Waals surface area contributed by atoms with Gasteiger partial charge in [-0.2, -0.15) is 11.8 Å². The van der Waals surface area contributed by atoms with Gasteiger partial charge in [-0.1, -0.05) is 0 Å². The lowest BCUT2D eigenvalue weighted by atomic mass is 10.1. The minimum absolute atomic E-state index is 0.0163. The van der Waals surface area contributed by atoms with Crippen molar-refractivity contribution < 1.29 is 4.79 Å². The lowest BCUT2D eigenvalue weighted by molar-refractivity contribution is 0.101. The van der Waals surface area contributed by atoms with E-state index in [1.54, 1.807) is 13.0 Å². The van der Waals surface area contributed by atoms with Crippen molar-refractivity contribution in [2.24, 2.45) is 5.92 Å². The first kappa shape index (κ1) is 12.3. The van der Waals surface area contributed by atoms with Crippen LogP contribution in [0.5, 0.6) is 0 Å². The number of benzene rings is 1. The number of thioether (sulfide) groups is 1. The first-order valence-electron chi connectivity index (χ1n) is 5.89. The zero-order valence-electron chi connectivity index (χ0n) is 10.0. The van der Waals surface area contributed by atoms with E-state index in [-0.39, 0.29) is 5.78 Å². The molecule has 0 aromatic heterocycles. The molecule has 1 unspecified atom stereocenters. The van der Waals surface area contributed by atoms with Gasteiger partial charge in [0.2, 0.25) is 0 Å². The maximum atomic E-state index is 11.4. The molecule has 92 valence electrons. The van der Waals surface area contributed by atoms with Crippen LogP contribution in [0.1, 0.15) is 23.7 Å². The molecule has 0 spiro atoms. The van der Waals surface area contributed by atoms with E-state index in [0.717, 1.165) is 18.2 Å². The van der Waals surface area contributed by atoms with Crippen LogP contribution in [0.15, 0.2) is 18.2 Å². The predicted molar refractivity (Wildman–Crippen MR) is 74.8 cm³/mol. The lowest BCUT2D eigenvalue weighted by Crippen LogP contribution is -2.13. The highest BCUT2D eigenvalue weighted by molar-refractivity contribution is 7.99. The fourth-order valence-corrected chi connectivity index (χ4v) is 3.26. The van der Waals surface area contributed by atoms with Crippen molar-refractivity contribution in [3.8, 4) is 0 Å². The quantitative estimate of drug-likeness (QED) is 0.637. The van der Waals surface area contributed by atoms with E-state index >= 15 is 0 Å². The molecule has 0 bridgehead atoms. The fourth-order valence-electron chi connectivity index (χ4n) is 1.98. The van der Waals surface area contributed by atoms with Crippen LogP contribution in [0.25, 0.3) is 0 Å². The van der Waals surface area contributed by atoms with Gasteiger partial charge in [-0.3, -0.25) is 4.79 Å². The molecular weight excluding hydrogens is 232 g/mol. The summed E-state index contributed by atoms with van der Waals surface area (Å²) >= 11 is 2.01. The maximum absolute atomic E-state index is 11.4. The molecule has 2 rings (SSSR count). The second kappa shape index (κ2) is 5.45. The summed E-state index contributed by atoms with van der Waals surface area (Å²) in [6.45, 7) is 2.53. The van der Waals surface area contributed by atoms with Crippen LogP contribution < -0.4 is 11.1 Å². The highest BCUT2D eigenvalue weighted by Gasteiger charge is 2.15. The van der Waals surface area contributed by atoms with Crippen LogP contribution in [0, 0.1) is 5.92 Å². The molecule has 0 aliphatic carbocycles. The summed E-state index contributed by atoms with van der Waals surface area (Å²) in [5.41, 5.74) is 7.91. The summed E-state index contributed by atoms with van der Waals surface area (Å²) in [7, 11) is 0. The summed E-state index contributed by atoms with van der Waals surface area (Å²) in [6, 6.07) is 5.58. The number of hydrogen-bond acceptors (Lipinski definition) is 4. The third kappa shape index (κ3) is 3.16. The zero-order valence-corrected chi connectivity index (χ0v) is 10.8. The average Bonchev–Trinajstić information content (AvgIpc) is 2.80. The Morgan fingerprint density at radius 3 is 3.06 bits per heavy atom. The van der Waals surface area contributed by atoms with E-state index in [9.17, 15) is 4.79 Å². The van der Waals surface area contributed by atoms with Crippen LogP contribution in [-0.4, -0.2) is 23.8 Å². The number of anilines is 2. The average molecular weight is 250 g/mol. The van der Waals surface area contributed by atoms with Crippen molar-refractivity contribution in [1.29, 1.82) is 0 Å². The summed E-state index contributed by atoms with van der Waals surface area (Å²) in [5.74, 6) is 3.27. The van der Waals surface area contributed by atoms with E-state index in [1.807, 2.05) is 23.9 Å². The molecule has 1 aromatic rings. The Hall–Kier alpha value is -1.16. The van der Waals surface area contributed by atoms with Crippen LogP contribution >= 0.6 is 11.8 Å². The van der Waals surface area contributed by atoms with Crippen LogP contribution in [0.3, 0.4) is 0 Å². The summed E-state index contributed by atoms with van der Waals surface area (Å²) in [5, 5.41) is 3.39. The standard InChI is InChI=1S/C13H18N2OS/c1-9(16)12-6-11(2-3-13(12)14)15-7-10-4-5-17-8-10/h2-3,6,10,15H,4-5,7-8,14H2,1H3. The molecule has 0 saturated carbocycles. The van der Waals surface area contributed by atoms with E-state index in [0.29, 0.717) is 11.3 Å². The number of carbonyl (C=O) groups is 1. The van der Waals surface area contributed by atoms with Crippen molar-refractivity contribution in [3.63, 3.8) is 0 Å². The molecule has 1 atom stereocenters. The lowest BCUT2D eigenvalue weighted by Gasteiger charge is -2.12. The molecule has 1 aliphatic rings.